The van der Waals surface area contributed by atoms with E-state index in [0.717, 1.165) is 30.8 Å². The van der Waals surface area contributed by atoms with E-state index in [2.05, 4.69) is 30.2 Å². The number of nitrogens with zero attached hydrogens (tertiary/aromatic N) is 2. The van der Waals surface area contributed by atoms with Gasteiger partial charge in [0.2, 0.25) is 0 Å². The topological polar surface area (TPSA) is 47.3 Å². The summed E-state index contributed by atoms with van der Waals surface area (Å²) in [5.74, 6) is 1.07. The third-order valence-corrected chi connectivity index (χ3v) is 3.72. The number of benzene rings is 1. The molecule has 0 fully saturated rings. The Morgan fingerprint density at radius 3 is 2.52 bits per heavy atom. The number of aliphatic hydroxyl groups is 1. The third-order valence-electron chi connectivity index (χ3n) is 3.72. The van der Waals surface area contributed by atoms with Gasteiger partial charge in [-0.2, -0.15) is 5.10 Å². The number of aliphatic hydroxyl groups excluding tert-OH is 1. The molecule has 0 aliphatic heterocycles. The van der Waals surface area contributed by atoms with Crippen molar-refractivity contribution in [2.45, 2.75) is 33.2 Å². The van der Waals surface area contributed by atoms with Gasteiger partial charge in [0, 0.05) is 18.8 Å². The van der Waals surface area contributed by atoms with Gasteiger partial charge in [-0.15, -0.1) is 0 Å². The van der Waals surface area contributed by atoms with Crippen LogP contribution in [-0.2, 0) is 19.4 Å². The highest BCUT2D eigenvalue weighted by Gasteiger charge is 2.13. The second-order valence-electron chi connectivity index (χ2n) is 5.40. The first-order valence-corrected chi connectivity index (χ1v) is 7.43. The summed E-state index contributed by atoms with van der Waals surface area (Å²) in [7, 11) is 1.67. The van der Waals surface area contributed by atoms with E-state index in [-0.39, 0.29) is 12.5 Å². The lowest BCUT2D eigenvalue weighted by Gasteiger charge is -2.15. The van der Waals surface area contributed by atoms with Crippen molar-refractivity contribution in [2.75, 3.05) is 13.7 Å². The maximum Gasteiger partial charge on any atom is 0.118 e. The minimum atomic E-state index is 0.181. The number of aromatic nitrogens is 2. The molecule has 4 nitrogen and oxygen atoms in total. The lowest BCUT2D eigenvalue weighted by Crippen LogP contribution is -2.15. The zero-order valence-corrected chi connectivity index (χ0v) is 13.0. The molecule has 0 saturated heterocycles. The fourth-order valence-electron chi connectivity index (χ4n) is 2.63. The molecular formula is C17H24N2O2. The molecule has 0 saturated carbocycles. The fraction of sp³-hybridized carbons (Fsp3) is 0.471. The van der Waals surface area contributed by atoms with E-state index in [0.29, 0.717) is 0 Å². The van der Waals surface area contributed by atoms with Crippen LogP contribution in [0.3, 0.4) is 0 Å². The van der Waals surface area contributed by atoms with Crippen molar-refractivity contribution in [1.29, 1.82) is 0 Å². The Morgan fingerprint density at radius 2 is 1.95 bits per heavy atom. The molecule has 1 N–H and O–H groups in total. The van der Waals surface area contributed by atoms with Gasteiger partial charge in [-0.3, -0.25) is 4.68 Å². The molecule has 0 amide bonds. The first-order chi connectivity index (χ1) is 10.2. The molecule has 0 bridgehead atoms. The van der Waals surface area contributed by atoms with E-state index in [1.165, 1.54) is 11.3 Å². The lowest BCUT2D eigenvalue weighted by atomic mass is 9.95. The van der Waals surface area contributed by atoms with Crippen molar-refractivity contribution in [1.82, 2.24) is 9.78 Å². The summed E-state index contributed by atoms with van der Waals surface area (Å²) in [5.41, 5.74) is 3.45. The second-order valence-corrected chi connectivity index (χ2v) is 5.40. The van der Waals surface area contributed by atoms with E-state index in [4.69, 9.17) is 4.74 Å². The van der Waals surface area contributed by atoms with E-state index in [9.17, 15) is 5.11 Å². The van der Waals surface area contributed by atoms with Crippen LogP contribution in [0, 0.1) is 12.8 Å². The van der Waals surface area contributed by atoms with Crippen LogP contribution < -0.4 is 4.74 Å². The van der Waals surface area contributed by atoms with Crippen molar-refractivity contribution in [2.24, 2.45) is 5.92 Å². The molecule has 1 aromatic heterocycles. The summed E-state index contributed by atoms with van der Waals surface area (Å²) in [6.45, 7) is 5.14. The minimum Gasteiger partial charge on any atom is -0.497 e. The maximum atomic E-state index is 9.67. The summed E-state index contributed by atoms with van der Waals surface area (Å²) in [5, 5.41) is 14.1. The second kappa shape index (κ2) is 7.27. The van der Waals surface area contributed by atoms with Crippen LogP contribution in [0.2, 0.25) is 0 Å². The van der Waals surface area contributed by atoms with Crippen molar-refractivity contribution in [3.05, 3.63) is 47.3 Å². The SMILES string of the molecule is CCn1nc(C)cc1CC(CO)Cc1ccc(OC)cc1. The molecule has 0 radical (unpaired) electrons. The van der Waals surface area contributed by atoms with E-state index < -0.39 is 0 Å². The Bertz CT molecular complexity index is 561. The smallest absolute Gasteiger partial charge is 0.118 e. The molecule has 1 heterocycles. The molecule has 2 aromatic rings. The highest BCUT2D eigenvalue weighted by atomic mass is 16.5. The molecule has 0 spiro atoms. The minimum absolute atomic E-state index is 0.181. The monoisotopic (exact) mass is 288 g/mol. The predicted molar refractivity (Wildman–Crippen MR) is 83.6 cm³/mol. The molecule has 2 rings (SSSR count). The Kier molecular flexibility index (Phi) is 5.39. The van der Waals surface area contributed by atoms with Gasteiger partial charge in [-0.1, -0.05) is 12.1 Å². The molecule has 114 valence electrons. The van der Waals surface area contributed by atoms with Gasteiger partial charge >= 0.3 is 0 Å². The van der Waals surface area contributed by atoms with E-state index in [1.54, 1.807) is 7.11 Å². The number of methoxy groups -OCH3 is 1. The molecule has 0 aliphatic rings. The van der Waals surface area contributed by atoms with E-state index >= 15 is 0 Å². The van der Waals surface area contributed by atoms with Crippen LogP contribution in [0.5, 0.6) is 5.75 Å². The van der Waals surface area contributed by atoms with Gasteiger partial charge < -0.3 is 9.84 Å². The quantitative estimate of drug-likeness (QED) is 0.852. The molecule has 21 heavy (non-hydrogen) atoms. The summed E-state index contributed by atoms with van der Waals surface area (Å²) in [6.07, 6.45) is 1.70. The van der Waals surface area contributed by atoms with Crippen LogP contribution in [0.25, 0.3) is 0 Å². The largest absolute Gasteiger partial charge is 0.497 e. The molecular weight excluding hydrogens is 264 g/mol. The number of ether oxygens (including phenoxy) is 1. The standard InChI is InChI=1S/C17H24N2O2/c1-4-19-16(9-13(2)18-19)11-15(12-20)10-14-5-7-17(21-3)8-6-14/h5-9,15,20H,4,10-12H2,1-3H3. The zero-order valence-electron chi connectivity index (χ0n) is 13.0. The first-order valence-electron chi connectivity index (χ1n) is 7.43. The van der Waals surface area contributed by atoms with Gasteiger partial charge in [-0.05, 0) is 56.4 Å². The normalized spacial score (nSPS) is 12.4. The highest BCUT2D eigenvalue weighted by Crippen LogP contribution is 2.18. The van der Waals surface area contributed by atoms with Crippen LogP contribution in [0.15, 0.2) is 30.3 Å². The van der Waals surface area contributed by atoms with Crippen molar-refractivity contribution < 1.29 is 9.84 Å². The first kappa shape index (κ1) is 15.6. The average Bonchev–Trinajstić information content (AvgIpc) is 2.87. The van der Waals surface area contributed by atoms with Gasteiger partial charge in [0.15, 0.2) is 0 Å². The summed E-state index contributed by atoms with van der Waals surface area (Å²) >= 11 is 0. The Balaban J connectivity index is 2.05. The van der Waals surface area contributed by atoms with Gasteiger partial charge in [0.1, 0.15) is 5.75 Å². The zero-order chi connectivity index (χ0) is 15.2. The lowest BCUT2D eigenvalue weighted by molar-refractivity contribution is 0.223. The van der Waals surface area contributed by atoms with Crippen LogP contribution in [0.4, 0.5) is 0 Å². The van der Waals surface area contributed by atoms with Crippen molar-refractivity contribution in [3.63, 3.8) is 0 Å². The number of hydrogen-bond acceptors (Lipinski definition) is 3. The van der Waals surface area contributed by atoms with E-state index in [1.807, 2.05) is 23.7 Å². The van der Waals surface area contributed by atoms with Crippen molar-refractivity contribution in [3.8, 4) is 5.75 Å². The number of rotatable bonds is 7. The summed E-state index contributed by atoms with van der Waals surface area (Å²) in [4.78, 5) is 0. The third kappa shape index (κ3) is 4.08. The molecule has 0 aliphatic carbocycles. The number of aryl methyl sites for hydroxylation is 2. The molecule has 1 unspecified atom stereocenters. The Morgan fingerprint density at radius 1 is 1.24 bits per heavy atom. The fourth-order valence-corrected chi connectivity index (χ4v) is 2.63. The van der Waals surface area contributed by atoms with Crippen molar-refractivity contribution >= 4 is 0 Å². The predicted octanol–water partition coefficient (Wildman–Crippen LogP) is 2.61. The van der Waals surface area contributed by atoms with Crippen LogP contribution >= 0.6 is 0 Å². The van der Waals surface area contributed by atoms with Gasteiger partial charge in [0.25, 0.3) is 0 Å². The average molecular weight is 288 g/mol. The molecule has 4 heteroatoms. The molecule has 1 aromatic carbocycles. The Hall–Kier alpha value is -1.81. The van der Waals surface area contributed by atoms with Crippen LogP contribution in [-0.4, -0.2) is 28.6 Å². The van der Waals surface area contributed by atoms with Gasteiger partial charge in [-0.25, -0.2) is 0 Å². The summed E-state index contributed by atoms with van der Waals surface area (Å²) < 4.78 is 7.19. The molecule has 1 atom stereocenters. The highest BCUT2D eigenvalue weighted by molar-refractivity contribution is 5.27. The van der Waals surface area contributed by atoms with Gasteiger partial charge in [0.05, 0.1) is 12.8 Å². The van der Waals surface area contributed by atoms with Crippen LogP contribution in [0.1, 0.15) is 23.9 Å². The number of hydrogen-bond donors (Lipinski definition) is 1. The maximum absolute atomic E-state index is 9.67. The Labute approximate surface area is 126 Å². The summed E-state index contributed by atoms with van der Waals surface area (Å²) in [6, 6.07) is 10.2.